The highest BCUT2D eigenvalue weighted by molar-refractivity contribution is 9.10. The fraction of sp³-hybridized carbons (Fsp3) is 0.333. The lowest BCUT2D eigenvalue weighted by Gasteiger charge is -2.22. The zero-order valence-electron chi connectivity index (χ0n) is 12.6. The monoisotopic (exact) mass is 387 g/mol. The first kappa shape index (κ1) is 17.4. The molecule has 0 fully saturated rings. The molecule has 1 aromatic heterocycles. The van der Waals surface area contributed by atoms with Crippen LogP contribution >= 0.6 is 15.9 Å². The van der Waals surface area contributed by atoms with Crippen LogP contribution in [0.15, 0.2) is 41.1 Å². The van der Waals surface area contributed by atoms with Gasteiger partial charge in [0.25, 0.3) is 5.91 Å². The third kappa shape index (κ3) is 4.51. The van der Waals surface area contributed by atoms with Crippen molar-refractivity contribution in [3.8, 4) is 5.75 Å². The molecule has 0 aliphatic carbocycles. The maximum absolute atomic E-state index is 12.8. The first-order valence-corrected chi connectivity index (χ1v) is 7.65. The molecule has 0 aliphatic heterocycles. The lowest BCUT2D eigenvalue weighted by atomic mass is 10.3. The van der Waals surface area contributed by atoms with E-state index in [1.54, 1.807) is 31.2 Å². The third-order valence-corrected chi connectivity index (χ3v) is 3.72. The number of hydrogen-bond donors (Lipinski definition) is 0. The number of ether oxygens (including phenoxy) is 1. The Bertz CT molecular complexity index is 661. The van der Waals surface area contributed by atoms with Gasteiger partial charge in [-0.2, -0.15) is 8.78 Å². The Balaban J connectivity index is 1.98. The topological polar surface area (TPSA) is 47.4 Å². The van der Waals surface area contributed by atoms with Gasteiger partial charge < -0.3 is 9.64 Å². The lowest BCUT2D eigenvalue weighted by molar-refractivity contribution is -0.137. The number of nitrogens with zero attached hydrogens (tertiary/aromatic N) is 3. The number of hydrogen-bond acceptors (Lipinski definition) is 3. The molecule has 23 heavy (non-hydrogen) atoms. The summed E-state index contributed by atoms with van der Waals surface area (Å²) in [6.07, 6.45) is 1.72. The Morgan fingerprint density at radius 3 is 2.65 bits per heavy atom. The number of imidazole rings is 1. The summed E-state index contributed by atoms with van der Waals surface area (Å²) < 4.78 is 32.8. The average Bonchev–Trinajstić information content (AvgIpc) is 2.97. The van der Waals surface area contributed by atoms with Crippen molar-refractivity contribution in [2.24, 2.45) is 0 Å². The van der Waals surface area contributed by atoms with Gasteiger partial charge in [0, 0.05) is 23.9 Å². The van der Waals surface area contributed by atoms with Crippen LogP contribution in [0.2, 0.25) is 0 Å². The largest absolute Gasteiger partial charge is 0.481 e. The summed E-state index contributed by atoms with van der Waals surface area (Å²) in [5.74, 6) is 0.347. The third-order valence-electron chi connectivity index (χ3n) is 3.19. The van der Waals surface area contributed by atoms with E-state index in [1.165, 1.54) is 24.3 Å². The molecule has 0 spiro atoms. The van der Waals surface area contributed by atoms with Gasteiger partial charge in [0.2, 0.25) is 0 Å². The second-order valence-corrected chi connectivity index (χ2v) is 5.85. The van der Waals surface area contributed by atoms with Crippen molar-refractivity contribution in [3.05, 3.63) is 47.0 Å². The Morgan fingerprint density at radius 1 is 1.39 bits per heavy atom. The molecular weight excluding hydrogens is 372 g/mol. The van der Waals surface area contributed by atoms with Crippen molar-refractivity contribution in [3.63, 3.8) is 0 Å². The minimum atomic E-state index is -2.69. The predicted octanol–water partition coefficient (Wildman–Crippen LogP) is 3.47. The van der Waals surface area contributed by atoms with E-state index in [0.29, 0.717) is 5.75 Å². The predicted molar refractivity (Wildman–Crippen MR) is 84.2 cm³/mol. The molecule has 1 aromatic carbocycles. The first-order valence-electron chi connectivity index (χ1n) is 6.85. The van der Waals surface area contributed by atoms with Crippen molar-refractivity contribution in [2.75, 3.05) is 7.05 Å². The summed E-state index contributed by atoms with van der Waals surface area (Å²) in [5, 5.41) is 0. The van der Waals surface area contributed by atoms with E-state index in [2.05, 4.69) is 20.9 Å². The number of likely N-dealkylation sites (N-methyl/N-ethyl adjacent to an activating group) is 1. The Morgan fingerprint density at radius 2 is 2.04 bits per heavy atom. The number of carbonyl (C=O) groups excluding carboxylic acids is 1. The van der Waals surface area contributed by atoms with E-state index in [1.807, 2.05) is 0 Å². The highest BCUT2D eigenvalue weighted by Crippen LogP contribution is 2.18. The number of alkyl halides is 2. The minimum Gasteiger partial charge on any atom is -0.481 e. The van der Waals surface area contributed by atoms with E-state index < -0.39 is 12.7 Å². The second-order valence-electron chi connectivity index (χ2n) is 4.94. The fourth-order valence-electron chi connectivity index (χ4n) is 2.01. The summed E-state index contributed by atoms with van der Waals surface area (Å²) in [6, 6.07) is 7.07. The highest BCUT2D eigenvalue weighted by Gasteiger charge is 2.22. The standard InChI is InChI=1S/C15H16BrF2N3O2/c1-10(23-12-5-3-11(16)4-6-12)14(22)20(2)9-13-19-7-8-21(13)15(17)18/h3-8,10,15H,9H2,1-2H3. The molecule has 2 rings (SSSR count). The molecule has 0 bridgehead atoms. The van der Waals surface area contributed by atoms with Crippen LogP contribution in [0.3, 0.4) is 0 Å². The van der Waals surface area contributed by atoms with E-state index in [4.69, 9.17) is 4.74 Å². The van der Waals surface area contributed by atoms with E-state index in [-0.39, 0.29) is 18.3 Å². The van der Waals surface area contributed by atoms with Crippen LogP contribution in [-0.4, -0.2) is 33.5 Å². The van der Waals surface area contributed by atoms with Crippen molar-refractivity contribution in [1.29, 1.82) is 0 Å². The molecule has 8 heteroatoms. The number of halogens is 3. The van der Waals surface area contributed by atoms with Gasteiger partial charge in [0.15, 0.2) is 6.10 Å². The maximum Gasteiger partial charge on any atom is 0.319 e. The normalized spacial score (nSPS) is 12.3. The number of amides is 1. The Hall–Kier alpha value is -1.96. The fourth-order valence-corrected chi connectivity index (χ4v) is 2.28. The molecule has 1 amide bonds. The molecular formula is C15H16BrF2N3O2. The van der Waals surface area contributed by atoms with E-state index in [9.17, 15) is 13.6 Å². The molecule has 0 aliphatic rings. The van der Waals surface area contributed by atoms with E-state index in [0.717, 1.165) is 9.04 Å². The average molecular weight is 388 g/mol. The molecule has 0 saturated carbocycles. The first-order chi connectivity index (χ1) is 10.9. The zero-order chi connectivity index (χ0) is 17.0. The number of benzene rings is 1. The van der Waals surface area contributed by atoms with E-state index >= 15 is 0 Å². The molecule has 0 saturated heterocycles. The van der Waals surface area contributed by atoms with Crippen molar-refractivity contribution in [1.82, 2.24) is 14.5 Å². The van der Waals surface area contributed by atoms with Crippen LogP contribution in [-0.2, 0) is 11.3 Å². The lowest BCUT2D eigenvalue weighted by Crippen LogP contribution is -2.38. The van der Waals surface area contributed by atoms with Crippen LogP contribution < -0.4 is 4.74 Å². The summed E-state index contributed by atoms with van der Waals surface area (Å²) >= 11 is 3.31. The SMILES string of the molecule is CC(Oc1ccc(Br)cc1)C(=O)N(C)Cc1nccn1C(F)F. The Kier molecular flexibility index (Phi) is 5.70. The summed E-state index contributed by atoms with van der Waals surface area (Å²) in [4.78, 5) is 17.5. The van der Waals surface area contributed by atoms with Crippen LogP contribution in [0, 0.1) is 0 Å². The van der Waals surface area contributed by atoms with Crippen molar-refractivity contribution in [2.45, 2.75) is 26.1 Å². The smallest absolute Gasteiger partial charge is 0.319 e. The van der Waals surface area contributed by atoms with Crippen LogP contribution in [0.4, 0.5) is 8.78 Å². The molecule has 2 aromatic rings. The van der Waals surface area contributed by atoms with Gasteiger partial charge in [-0.15, -0.1) is 0 Å². The van der Waals surface area contributed by atoms with Crippen LogP contribution in [0.1, 0.15) is 19.3 Å². The quantitative estimate of drug-likeness (QED) is 0.762. The van der Waals surface area contributed by atoms with Gasteiger partial charge in [-0.25, -0.2) is 4.98 Å². The van der Waals surface area contributed by atoms with Gasteiger partial charge >= 0.3 is 6.55 Å². The minimum absolute atomic E-state index is 0.0236. The van der Waals surface area contributed by atoms with Crippen LogP contribution in [0.5, 0.6) is 5.75 Å². The number of aromatic nitrogens is 2. The number of rotatable bonds is 6. The number of carbonyl (C=O) groups is 1. The van der Waals surface area contributed by atoms with Crippen LogP contribution in [0.25, 0.3) is 0 Å². The summed E-state index contributed by atoms with van der Waals surface area (Å²) in [7, 11) is 1.52. The van der Waals surface area contributed by atoms with Crippen molar-refractivity contribution >= 4 is 21.8 Å². The van der Waals surface area contributed by atoms with Crippen molar-refractivity contribution < 1.29 is 18.3 Å². The summed E-state index contributed by atoms with van der Waals surface area (Å²) in [6.45, 7) is -1.10. The second kappa shape index (κ2) is 7.54. The van der Waals surface area contributed by atoms with Gasteiger partial charge in [-0.05, 0) is 31.2 Å². The molecule has 124 valence electrons. The molecule has 1 atom stereocenters. The molecule has 5 nitrogen and oxygen atoms in total. The van der Waals surface area contributed by atoms with Gasteiger partial charge in [-0.1, -0.05) is 15.9 Å². The molecule has 0 N–H and O–H groups in total. The van der Waals surface area contributed by atoms with Gasteiger partial charge in [0.05, 0.1) is 6.54 Å². The van der Waals surface area contributed by atoms with Gasteiger partial charge in [0.1, 0.15) is 11.6 Å². The molecule has 0 radical (unpaired) electrons. The zero-order valence-corrected chi connectivity index (χ0v) is 14.2. The molecule has 1 heterocycles. The highest BCUT2D eigenvalue weighted by atomic mass is 79.9. The summed E-state index contributed by atoms with van der Waals surface area (Å²) in [5.41, 5.74) is 0. The Labute approximate surface area is 141 Å². The van der Waals surface area contributed by atoms with Gasteiger partial charge in [-0.3, -0.25) is 9.36 Å². The maximum atomic E-state index is 12.8. The molecule has 1 unspecified atom stereocenters.